The topological polar surface area (TPSA) is 90.0 Å². The summed E-state index contributed by atoms with van der Waals surface area (Å²) < 4.78 is 0. The zero-order valence-corrected chi connectivity index (χ0v) is 17.4. The van der Waals surface area contributed by atoms with Gasteiger partial charge in [0.2, 0.25) is 11.8 Å². The highest BCUT2D eigenvalue weighted by Crippen LogP contribution is 2.31. The maximum Gasteiger partial charge on any atom is 0.255 e. The maximum absolute atomic E-state index is 12.9. The summed E-state index contributed by atoms with van der Waals surface area (Å²) in [4.78, 5) is 39.9. The van der Waals surface area contributed by atoms with Crippen LogP contribution < -0.4 is 5.32 Å². The first kappa shape index (κ1) is 20.2. The van der Waals surface area contributed by atoms with E-state index in [0.717, 1.165) is 22.3 Å². The second-order valence-corrected chi connectivity index (χ2v) is 8.28. The molecule has 162 valence electrons. The zero-order valence-electron chi connectivity index (χ0n) is 17.4. The number of imide groups is 1. The molecule has 2 aromatic carbocycles. The standard InChI is InChI=1S/C25H23N3O4/c29-22-9-8-21(24(31)26-22)28-15-19-12-17(6-7-20(19)25(28)32)18-10-11-27(23(30)13-18)14-16-4-2-1-3-5-16/h1-7,10-13,21,23,30H,8-9,14-15H2,(H,26,29,31). The molecule has 5 rings (SSSR count). The van der Waals surface area contributed by atoms with Gasteiger partial charge in [-0.25, -0.2) is 0 Å². The van der Waals surface area contributed by atoms with Gasteiger partial charge in [-0.05, 0) is 53.0 Å². The average molecular weight is 429 g/mol. The Labute approximate surface area is 185 Å². The number of aliphatic hydroxyl groups excluding tert-OH is 1. The number of carbonyl (C=O) groups is 3. The van der Waals surface area contributed by atoms with Gasteiger partial charge in [-0.1, -0.05) is 36.4 Å². The van der Waals surface area contributed by atoms with Gasteiger partial charge in [0.05, 0.1) is 0 Å². The maximum atomic E-state index is 12.9. The number of hydrogen-bond acceptors (Lipinski definition) is 5. The van der Waals surface area contributed by atoms with E-state index in [2.05, 4.69) is 5.32 Å². The monoisotopic (exact) mass is 429 g/mol. The zero-order chi connectivity index (χ0) is 22.2. The lowest BCUT2D eigenvalue weighted by molar-refractivity contribution is -0.136. The van der Waals surface area contributed by atoms with E-state index in [9.17, 15) is 19.5 Å². The van der Waals surface area contributed by atoms with Crippen molar-refractivity contribution in [1.29, 1.82) is 0 Å². The molecule has 3 aliphatic heterocycles. The van der Waals surface area contributed by atoms with E-state index in [-0.39, 0.29) is 18.2 Å². The molecule has 0 aliphatic carbocycles. The van der Waals surface area contributed by atoms with Crippen molar-refractivity contribution >= 4 is 23.3 Å². The number of benzene rings is 2. The minimum atomic E-state index is -0.759. The Morgan fingerprint density at radius 2 is 1.88 bits per heavy atom. The molecule has 2 N–H and O–H groups in total. The van der Waals surface area contributed by atoms with E-state index in [4.69, 9.17) is 0 Å². The lowest BCUT2D eigenvalue weighted by Gasteiger charge is -2.29. The van der Waals surface area contributed by atoms with Crippen LogP contribution in [0.2, 0.25) is 0 Å². The molecule has 32 heavy (non-hydrogen) atoms. The number of aliphatic hydroxyl groups is 1. The van der Waals surface area contributed by atoms with E-state index < -0.39 is 18.2 Å². The molecule has 0 bridgehead atoms. The van der Waals surface area contributed by atoms with Crippen molar-refractivity contribution in [2.24, 2.45) is 0 Å². The molecule has 2 aromatic rings. The molecule has 2 atom stereocenters. The van der Waals surface area contributed by atoms with Gasteiger partial charge in [0, 0.05) is 31.3 Å². The normalized spacial score (nSPS) is 22.7. The summed E-state index contributed by atoms with van der Waals surface area (Å²) in [6, 6.07) is 14.9. The lowest BCUT2D eigenvalue weighted by Crippen LogP contribution is -2.52. The predicted molar refractivity (Wildman–Crippen MR) is 118 cm³/mol. The molecule has 3 amide bonds. The third kappa shape index (κ3) is 3.71. The van der Waals surface area contributed by atoms with Gasteiger partial charge in [-0.3, -0.25) is 19.7 Å². The molecule has 0 spiro atoms. The van der Waals surface area contributed by atoms with Gasteiger partial charge in [-0.2, -0.15) is 0 Å². The number of allylic oxidation sites excluding steroid dienone is 2. The van der Waals surface area contributed by atoms with E-state index in [1.54, 1.807) is 12.1 Å². The van der Waals surface area contributed by atoms with Crippen LogP contribution in [-0.2, 0) is 22.7 Å². The van der Waals surface area contributed by atoms with Crippen LogP contribution in [0.25, 0.3) is 5.57 Å². The molecule has 3 heterocycles. The van der Waals surface area contributed by atoms with Crippen LogP contribution in [0.15, 0.2) is 66.9 Å². The largest absolute Gasteiger partial charge is 0.370 e. The van der Waals surface area contributed by atoms with Crippen molar-refractivity contribution in [2.75, 3.05) is 0 Å². The molecular weight excluding hydrogens is 406 g/mol. The molecule has 3 aliphatic rings. The highest BCUT2D eigenvalue weighted by atomic mass is 16.3. The van der Waals surface area contributed by atoms with Crippen LogP contribution in [0.4, 0.5) is 0 Å². The first-order valence-corrected chi connectivity index (χ1v) is 10.7. The highest BCUT2D eigenvalue weighted by Gasteiger charge is 2.39. The van der Waals surface area contributed by atoms with E-state index in [0.29, 0.717) is 25.1 Å². The molecule has 0 saturated carbocycles. The molecule has 1 saturated heterocycles. The number of nitrogens with one attached hydrogen (secondary N) is 1. The molecule has 7 nitrogen and oxygen atoms in total. The fraction of sp³-hybridized carbons (Fsp3) is 0.240. The van der Waals surface area contributed by atoms with Crippen LogP contribution in [0.5, 0.6) is 0 Å². The molecular formula is C25H23N3O4. The summed E-state index contributed by atoms with van der Waals surface area (Å²) in [6.45, 7) is 0.926. The van der Waals surface area contributed by atoms with Crippen molar-refractivity contribution in [1.82, 2.24) is 15.1 Å². The Hall–Kier alpha value is -3.71. The van der Waals surface area contributed by atoms with Crippen LogP contribution >= 0.6 is 0 Å². The third-order valence-corrected chi connectivity index (χ3v) is 6.18. The SMILES string of the molecule is O=C1CCC(N2Cc3cc(C4=CC(O)N(Cc5ccccc5)C=C4)ccc3C2=O)C(=O)N1. The van der Waals surface area contributed by atoms with Gasteiger partial charge in [0.15, 0.2) is 0 Å². The van der Waals surface area contributed by atoms with Crippen molar-refractivity contribution < 1.29 is 19.5 Å². The highest BCUT2D eigenvalue weighted by molar-refractivity contribution is 6.05. The molecule has 7 heteroatoms. The fourth-order valence-electron chi connectivity index (χ4n) is 4.46. The number of piperidine rings is 1. The van der Waals surface area contributed by atoms with E-state index in [1.807, 2.05) is 59.6 Å². The smallest absolute Gasteiger partial charge is 0.255 e. The third-order valence-electron chi connectivity index (χ3n) is 6.18. The molecule has 1 fully saturated rings. The van der Waals surface area contributed by atoms with Gasteiger partial charge in [0.1, 0.15) is 12.3 Å². The average Bonchev–Trinajstić information content (AvgIpc) is 3.11. The van der Waals surface area contributed by atoms with Crippen LogP contribution in [0.3, 0.4) is 0 Å². The first-order valence-electron chi connectivity index (χ1n) is 10.7. The van der Waals surface area contributed by atoms with Crippen LogP contribution in [-0.4, -0.2) is 44.9 Å². The summed E-state index contributed by atoms with van der Waals surface area (Å²) in [5.41, 5.74) is 4.29. The number of carbonyl (C=O) groups excluding carboxylic acids is 3. The second kappa shape index (κ2) is 8.09. The Kier molecular flexibility index (Phi) is 5.11. The Morgan fingerprint density at radius 1 is 1.06 bits per heavy atom. The first-order chi connectivity index (χ1) is 15.5. The number of hydrogen-bond donors (Lipinski definition) is 2. The molecule has 0 radical (unpaired) electrons. The van der Waals surface area contributed by atoms with E-state index >= 15 is 0 Å². The summed E-state index contributed by atoms with van der Waals surface area (Å²) in [5, 5.41) is 12.9. The summed E-state index contributed by atoms with van der Waals surface area (Å²) >= 11 is 0. The number of amides is 3. The quantitative estimate of drug-likeness (QED) is 0.728. The van der Waals surface area contributed by atoms with Gasteiger partial charge < -0.3 is 14.9 Å². The summed E-state index contributed by atoms with van der Waals surface area (Å²) in [6.07, 6.45) is 5.43. The number of nitrogens with zero attached hydrogens (tertiary/aromatic N) is 2. The minimum absolute atomic E-state index is 0.191. The van der Waals surface area contributed by atoms with Crippen molar-refractivity contribution in [3.8, 4) is 0 Å². The van der Waals surface area contributed by atoms with Crippen molar-refractivity contribution in [3.05, 3.63) is 89.1 Å². The Bertz CT molecular complexity index is 1160. The Morgan fingerprint density at radius 3 is 2.62 bits per heavy atom. The van der Waals surface area contributed by atoms with Crippen molar-refractivity contribution in [3.63, 3.8) is 0 Å². The number of rotatable bonds is 4. The van der Waals surface area contributed by atoms with Gasteiger partial charge >= 0.3 is 0 Å². The second-order valence-electron chi connectivity index (χ2n) is 8.28. The summed E-state index contributed by atoms with van der Waals surface area (Å²) in [5.74, 6) is -0.904. The fourth-order valence-corrected chi connectivity index (χ4v) is 4.46. The van der Waals surface area contributed by atoms with E-state index in [1.165, 1.54) is 4.90 Å². The number of fused-ring (bicyclic) bond motifs is 1. The van der Waals surface area contributed by atoms with Gasteiger partial charge in [0.25, 0.3) is 5.91 Å². The van der Waals surface area contributed by atoms with Crippen molar-refractivity contribution in [2.45, 2.75) is 38.2 Å². The van der Waals surface area contributed by atoms with Crippen LogP contribution in [0.1, 0.15) is 39.9 Å². The summed E-state index contributed by atoms with van der Waals surface area (Å²) in [7, 11) is 0. The van der Waals surface area contributed by atoms with Crippen LogP contribution in [0, 0.1) is 0 Å². The lowest BCUT2D eigenvalue weighted by atomic mass is 9.98. The molecule has 2 unspecified atom stereocenters. The Balaban J connectivity index is 1.32. The molecule has 0 aromatic heterocycles. The minimum Gasteiger partial charge on any atom is -0.370 e. The van der Waals surface area contributed by atoms with Gasteiger partial charge in [-0.15, -0.1) is 0 Å². The predicted octanol–water partition coefficient (Wildman–Crippen LogP) is 2.18.